The van der Waals surface area contributed by atoms with Crippen LogP contribution in [0.5, 0.6) is 11.6 Å². The van der Waals surface area contributed by atoms with Crippen LogP contribution >= 0.6 is 0 Å². The van der Waals surface area contributed by atoms with Gasteiger partial charge in [0.05, 0.1) is 31.4 Å². The van der Waals surface area contributed by atoms with Crippen LogP contribution in [0.2, 0.25) is 0 Å². The zero-order valence-corrected chi connectivity index (χ0v) is 17.0. The largest absolute Gasteiger partial charge is 0.494 e. The van der Waals surface area contributed by atoms with Gasteiger partial charge in [-0.05, 0) is 18.4 Å². The molecule has 7 nitrogen and oxygen atoms in total. The highest BCUT2D eigenvalue weighted by molar-refractivity contribution is 6.45. The molecule has 1 aliphatic heterocycles. The number of pyridine rings is 1. The number of methoxy groups -OCH3 is 2. The second-order valence-electron chi connectivity index (χ2n) is 7.12. The Morgan fingerprint density at radius 1 is 1.10 bits per heavy atom. The van der Waals surface area contributed by atoms with Crippen LogP contribution in [0, 0.1) is 0 Å². The number of H-pyrrole nitrogens is 1. The highest BCUT2D eigenvalue weighted by atomic mass is 16.5. The van der Waals surface area contributed by atoms with E-state index in [0.29, 0.717) is 35.6 Å². The number of aromatic amines is 1. The average molecular weight is 405 g/mol. The number of Topliss-reactive ketones (excluding diaryl/α,β-unsaturated/α-hetero) is 1. The summed E-state index contributed by atoms with van der Waals surface area (Å²) in [7, 11) is 2.99. The lowest BCUT2D eigenvalue weighted by Gasteiger charge is -2.28. The van der Waals surface area contributed by atoms with Crippen molar-refractivity contribution in [3.63, 3.8) is 0 Å². The first kappa shape index (κ1) is 19.7. The Morgan fingerprint density at radius 3 is 2.50 bits per heavy atom. The van der Waals surface area contributed by atoms with Crippen LogP contribution in [0.25, 0.3) is 17.0 Å². The monoisotopic (exact) mass is 405 g/mol. The highest BCUT2D eigenvalue weighted by Gasteiger charge is 2.29. The Labute approximate surface area is 174 Å². The van der Waals surface area contributed by atoms with Crippen LogP contribution in [-0.4, -0.2) is 53.9 Å². The molecule has 2 aromatic heterocycles. The second kappa shape index (κ2) is 8.41. The molecule has 0 spiro atoms. The molecule has 1 amide bonds. The SMILES string of the molecule is COc1ncc(OC)c2c(C(=O)C(=O)N3CCC(=Cc4ccccc4)CC3)c[nH]c12. The topological polar surface area (TPSA) is 84.5 Å². The number of ketones is 1. The molecule has 7 heteroatoms. The van der Waals surface area contributed by atoms with Gasteiger partial charge in [-0.25, -0.2) is 4.98 Å². The van der Waals surface area contributed by atoms with Crippen molar-refractivity contribution in [3.8, 4) is 11.6 Å². The summed E-state index contributed by atoms with van der Waals surface area (Å²) in [5.41, 5.74) is 3.22. The van der Waals surface area contributed by atoms with E-state index in [4.69, 9.17) is 9.47 Å². The maximum Gasteiger partial charge on any atom is 0.295 e. The van der Waals surface area contributed by atoms with E-state index >= 15 is 0 Å². The van der Waals surface area contributed by atoms with Gasteiger partial charge in [0.2, 0.25) is 5.88 Å². The van der Waals surface area contributed by atoms with Crippen molar-refractivity contribution < 1.29 is 19.1 Å². The number of fused-ring (bicyclic) bond motifs is 1. The molecule has 0 radical (unpaired) electrons. The van der Waals surface area contributed by atoms with Gasteiger partial charge in [0.25, 0.3) is 11.7 Å². The molecule has 30 heavy (non-hydrogen) atoms. The Morgan fingerprint density at radius 2 is 1.83 bits per heavy atom. The van der Waals surface area contributed by atoms with E-state index in [1.807, 2.05) is 18.2 Å². The number of carbonyl (C=O) groups excluding carboxylic acids is 2. The van der Waals surface area contributed by atoms with Gasteiger partial charge in [0.15, 0.2) is 0 Å². The molecular weight excluding hydrogens is 382 g/mol. The standard InChI is InChI=1S/C23H23N3O4/c1-29-18-14-25-22(30-2)20-19(18)17(13-24-20)21(27)23(28)26-10-8-16(9-11-26)12-15-6-4-3-5-7-15/h3-7,12-14,24H,8-11H2,1-2H3. The normalized spacial score (nSPS) is 13.9. The van der Waals surface area contributed by atoms with Gasteiger partial charge >= 0.3 is 0 Å². The summed E-state index contributed by atoms with van der Waals surface area (Å²) < 4.78 is 10.6. The van der Waals surface area contributed by atoms with Crippen molar-refractivity contribution in [2.75, 3.05) is 27.3 Å². The molecule has 0 saturated carbocycles. The number of benzene rings is 1. The van der Waals surface area contributed by atoms with Gasteiger partial charge in [0, 0.05) is 19.3 Å². The van der Waals surface area contributed by atoms with Gasteiger partial charge in [0.1, 0.15) is 11.3 Å². The predicted molar refractivity (Wildman–Crippen MR) is 114 cm³/mol. The van der Waals surface area contributed by atoms with Gasteiger partial charge in [-0.1, -0.05) is 42.0 Å². The van der Waals surface area contributed by atoms with Gasteiger partial charge < -0.3 is 19.4 Å². The third-order valence-electron chi connectivity index (χ3n) is 5.35. The van der Waals surface area contributed by atoms with E-state index < -0.39 is 11.7 Å². The number of ether oxygens (including phenoxy) is 2. The summed E-state index contributed by atoms with van der Waals surface area (Å²) in [5, 5.41) is 0.504. The van der Waals surface area contributed by atoms with Crippen LogP contribution in [-0.2, 0) is 4.79 Å². The Bertz CT molecular complexity index is 1110. The quantitative estimate of drug-likeness (QED) is 0.519. The molecule has 1 aliphatic rings. The van der Waals surface area contributed by atoms with E-state index in [9.17, 15) is 9.59 Å². The zero-order valence-electron chi connectivity index (χ0n) is 17.0. The summed E-state index contributed by atoms with van der Waals surface area (Å²) in [6.07, 6.45) is 6.67. The van der Waals surface area contributed by atoms with Gasteiger partial charge in [-0.3, -0.25) is 9.59 Å². The number of likely N-dealkylation sites (tertiary alicyclic amines) is 1. The lowest BCUT2D eigenvalue weighted by molar-refractivity contribution is -0.126. The number of aromatic nitrogens is 2. The molecule has 0 bridgehead atoms. The fraction of sp³-hybridized carbons (Fsp3) is 0.261. The molecule has 1 fully saturated rings. The fourth-order valence-corrected chi connectivity index (χ4v) is 3.77. The molecular formula is C23H23N3O4. The second-order valence-corrected chi connectivity index (χ2v) is 7.12. The molecule has 3 aromatic rings. The average Bonchev–Trinajstić information content (AvgIpc) is 3.24. The van der Waals surface area contributed by atoms with Crippen molar-refractivity contribution in [1.82, 2.24) is 14.9 Å². The first-order chi connectivity index (χ1) is 14.6. The summed E-state index contributed by atoms with van der Waals surface area (Å²) in [4.78, 5) is 34.7. The van der Waals surface area contributed by atoms with Crippen molar-refractivity contribution in [2.45, 2.75) is 12.8 Å². The van der Waals surface area contributed by atoms with E-state index in [-0.39, 0.29) is 5.56 Å². The summed E-state index contributed by atoms with van der Waals surface area (Å²) >= 11 is 0. The Hall–Kier alpha value is -3.61. The Kier molecular flexibility index (Phi) is 5.52. The molecule has 154 valence electrons. The summed E-state index contributed by atoms with van der Waals surface area (Å²) in [6.45, 7) is 1.04. The van der Waals surface area contributed by atoms with Crippen molar-refractivity contribution in [1.29, 1.82) is 0 Å². The summed E-state index contributed by atoms with van der Waals surface area (Å²) in [6, 6.07) is 10.1. The number of rotatable bonds is 5. The van der Waals surface area contributed by atoms with E-state index in [1.54, 1.807) is 4.90 Å². The molecule has 1 aromatic carbocycles. The zero-order chi connectivity index (χ0) is 21.1. The number of carbonyl (C=O) groups is 2. The molecule has 1 N–H and O–H groups in total. The minimum absolute atomic E-state index is 0.262. The number of nitrogens with one attached hydrogen (secondary N) is 1. The molecule has 1 saturated heterocycles. The first-order valence-electron chi connectivity index (χ1n) is 9.78. The molecule has 0 aliphatic carbocycles. The van der Waals surface area contributed by atoms with E-state index in [0.717, 1.165) is 18.4 Å². The molecule has 4 rings (SSSR count). The number of hydrogen-bond donors (Lipinski definition) is 1. The minimum atomic E-state index is -0.566. The third kappa shape index (κ3) is 3.66. The predicted octanol–water partition coefficient (Wildman–Crippen LogP) is 3.47. The lowest BCUT2D eigenvalue weighted by Crippen LogP contribution is -2.40. The number of hydrogen-bond acceptors (Lipinski definition) is 5. The van der Waals surface area contributed by atoms with E-state index in [1.165, 1.54) is 32.2 Å². The Balaban J connectivity index is 1.52. The van der Waals surface area contributed by atoms with Crippen LogP contribution in [0.3, 0.4) is 0 Å². The van der Waals surface area contributed by atoms with Gasteiger partial charge in [-0.15, -0.1) is 0 Å². The number of amides is 1. The minimum Gasteiger partial charge on any atom is -0.494 e. The van der Waals surface area contributed by atoms with Crippen molar-refractivity contribution in [2.24, 2.45) is 0 Å². The van der Waals surface area contributed by atoms with Crippen LogP contribution in [0.4, 0.5) is 0 Å². The molecule has 3 heterocycles. The van der Waals surface area contributed by atoms with E-state index in [2.05, 4.69) is 28.2 Å². The van der Waals surface area contributed by atoms with Crippen LogP contribution in [0.15, 0.2) is 48.3 Å². The van der Waals surface area contributed by atoms with Crippen LogP contribution < -0.4 is 9.47 Å². The maximum absolute atomic E-state index is 13.0. The highest BCUT2D eigenvalue weighted by Crippen LogP contribution is 2.33. The maximum atomic E-state index is 13.0. The number of piperidine rings is 1. The smallest absolute Gasteiger partial charge is 0.295 e. The third-order valence-corrected chi connectivity index (χ3v) is 5.35. The summed E-state index contributed by atoms with van der Waals surface area (Å²) in [5.74, 6) is -0.323. The van der Waals surface area contributed by atoms with Crippen molar-refractivity contribution in [3.05, 3.63) is 59.4 Å². The molecule has 0 unspecified atom stereocenters. The number of nitrogens with zero attached hydrogens (tertiary/aromatic N) is 2. The van der Waals surface area contributed by atoms with Gasteiger partial charge in [-0.2, -0.15) is 0 Å². The fourth-order valence-electron chi connectivity index (χ4n) is 3.77. The molecule has 0 atom stereocenters. The lowest BCUT2D eigenvalue weighted by atomic mass is 10.00. The van der Waals surface area contributed by atoms with Crippen molar-refractivity contribution >= 4 is 28.7 Å². The first-order valence-corrected chi connectivity index (χ1v) is 9.78. The van der Waals surface area contributed by atoms with Crippen LogP contribution in [0.1, 0.15) is 28.8 Å².